The van der Waals surface area contributed by atoms with E-state index < -0.39 is 11.9 Å². The molecular formula is C20H19FN2O5. The summed E-state index contributed by atoms with van der Waals surface area (Å²) in [5.41, 5.74) is 1.19. The Hall–Kier alpha value is -3.55. The Balaban J connectivity index is 1.92. The number of methoxy groups -OCH3 is 3. The van der Waals surface area contributed by atoms with Gasteiger partial charge in [0.05, 0.1) is 33.4 Å². The Morgan fingerprint density at radius 3 is 2.14 bits per heavy atom. The number of nitrogens with zero attached hydrogens (tertiary/aromatic N) is 1. The molecule has 1 saturated heterocycles. The molecule has 1 fully saturated rings. The van der Waals surface area contributed by atoms with Crippen LogP contribution < -0.4 is 19.5 Å². The zero-order chi connectivity index (χ0) is 20.3. The molecular weight excluding hydrogens is 367 g/mol. The van der Waals surface area contributed by atoms with Crippen LogP contribution in [0.5, 0.6) is 17.2 Å². The maximum absolute atomic E-state index is 13.1. The van der Waals surface area contributed by atoms with Gasteiger partial charge in [0.1, 0.15) is 28.8 Å². The van der Waals surface area contributed by atoms with Gasteiger partial charge < -0.3 is 19.5 Å². The lowest BCUT2D eigenvalue weighted by Gasteiger charge is -2.13. The standard InChI is InChI=1S/C20H19FN2O5/c1-26-14-8-17(27-2)15(18(9-14)28-3)10-16-19(24)23(20(25)22-16)11-12-4-6-13(21)7-5-12/h4-10H,11H2,1-3H3,(H,22,25)/b16-10-. The second-order valence-corrected chi connectivity index (χ2v) is 5.95. The minimum atomic E-state index is -0.563. The van der Waals surface area contributed by atoms with E-state index in [4.69, 9.17) is 14.2 Å². The molecule has 2 aromatic carbocycles. The van der Waals surface area contributed by atoms with E-state index in [0.717, 1.165) is 4.90 Å². The lowest BCUT2D eigenvalue weighted by atomic mass is 10.1. The molecule has 1 heterocycles. The minimum absolute atomic E-state index is 0.0270. The van der Waals surface area contributed by atoms with E-state index in [2.05, 4.69) is 5.32 Å². The average molecular weight is 386 g/mol. The molecule has 28 heavy (non-hydrogen) atoms. The van der Waals surface area contributed by atoms with Gasteiger partial charge in [-0.1, -0.05) is 12.1 Å². The number of hydrogen-bond acceptors (Lipinski definition) is 5. The fourth-order valence-electron chi connectivity index (χ4n) is 2.81. The molecule has 0 spiro atoms. The summed E-state index contributed by atoms with van der Waals surface area (Å²) in [5, 5.41) is 2.55. The highest BCUT2D eigenvalue weighted by Gasteiger charge is 2.34. The van der Waals surface area contributed by atoms with E-state index in [0.29, 0.717) is 28.4 Å². The molecule has 7 nitrogen and oxygen atoms in total. The van der Waals surface area contributed by atoms with Crippen LogP contribution in [0.25, 0.3) is 6.08 Å². The second kappa shape index (κ2) is 7.99. The van der Waals surface area contributed by atoms with Gasteiger partial charge in [-0.05, 0) is 23.8 Å². The van der Waals surface area contributed by atoms with Crippen LogP contribution in [0, 0.1) is 5.82 Å². The molecule has 3 rings (SSSR count). The van der Waals surface area contributed by atoms with E-state index in [-0.39, 0.29) is 18.1 Å². The molecule has 1 aliphatic heterocycles. The van der Waals surface area contributed by atoms with E-state index in [1.165, 1.54) is 51.7 Å². The summed E-state index contributed by atoms with van der Waals surface area (Å²) >= 11 is 0. The maximum Gasteiger partial charge on any atom is 0.329 e. The smallest absolute Gasteiger partial charge is 0.329 e. The molecule has 0 atom stereocenters. The molecule has 3 amide bonds. The number of hydrogen-bond donors (Lipinski definition) is 1. The second-order valence-electron chi connectivity index (χ2n) is 5.95. The number of urea groups is 1. The van der Waals surface area contributed by atoms with Gasteiger partial charge in [-0.3, -0.25) is 9.69 Å². The van der Waals surface area contributed by atoms with Crippen molar-refractivity contribution in [2.24, 2.45) is 0 Å². The lowest BCUT2D eigenvalue weighted by Crippen LogP contribution is -2.30. The Labute approximate surface area is 161 Å². The first kappa shape index (κ1) is 19.2. The maximum atomic E-state index is 13.1. The Kier molecular flexibility index (Phi) is 5.49. The van der Waals surface area contributed by atoms with Gasteiger partial charge in [-0.15, -0.1) is 0 Å². The number of carbonyl (C=O) groups is 2. The van der Waals surface area contributed by atoms with Gasteiger partial charge in [0.15, 0.2) is 0 Å². The van der Waals surface area contributed by atoms with Crippen LogP contribution in [0.3, 0.4) is 0 Å². The zero-order valence-corrected chi connectivity index (χ0v) is 15.6. The fourth-order valence-corrected chi connectivity index (χ4v) is 2.81. The number of ether oxygens (including phenoxy) is 3. The summed E-state index contributed by atoms with van der Waals surface area (Å²) in [6, 6.07) is 8.32. The van der Waals surface area contributed by atoms with Crippen molar-refractivity contribution in [2.75, 3.05) is 21.3 Å². The highest BCUT2D eigenvalue weighted by atomic mass is 19.1. The number of imide groups is 1. The first-order valence-electron chi connectivity index (χ1n) is 8.35. The van der Waals surface area contributed by atoms with Crippen LogP contribution in [-0.2, 0) is 11.3 Å². The molecule has 0 radical (unpaired) electrons. The van der Waals surface area contributed by atoms with Gasteiger partial charge >= 0.3 is 6.03 Å². The van der Waals surface area contributed by atoms with Crippen molar-refractivity contribution < 1.29 is 28.2 Å². The summed E-state index contributed by atoms with van der Waals surface area (Å²) in [6.07, 6.45) is 1.49. The number of rotatable bonds is 6. The Morgan fingerprint density at radius 1 is 1.00 bits per heavy atom. The number of halogens is 1. The third-order valence-corrected chi connectivity index (χ3v) is 4.26. The van der Waals surface area contributed by atoms with Crippen LogP contribution in [0.1, 0.15) is 11.1 Å². The third-order valence-electron chi connectivity index (χ3n) is 4.26. The molecule has 0 unspecified atom stereocenters. The molecule has 8 heteroatoms. The summed E-state index contributed by atoms with van der Waals surface area (Å²) < 4.78 is 29.0. The van der Waals surface area contributed by atoms with E-state index in [1.54, 1.807) is 12.1 Å². The number of nitrogens with one attached hydrogen (secondary N) is 1. The molecule has 0 bridgehead atoms. The van der Waals surface area contributed by atoms with Crippen LogP contribution in [0.15, 0.2) is 42.1 Å². The van der Waals surface area contributed by atoms with Gasteiger partial charge in [-0.25, -0.2) is 9.18 Å². The highest BCUT2D eigenvalue weighted by molar-refractivity contribution is 6.14. The predicted molar refractivity (Wildman–Crippen MR) is 99.6 cm³/mol. The first-order valence-corrected chi connectivity index (χ1v) is 8.35. The minimum Gasteiger partial charge on any atom is -0.496 e. The fraction of sp³-hybridized carbons (Fsp3) is 0.200. The Morgan fingerprint density at radius 2 is 1.61 bits per heavy atom. The Bertz CT molecular complexity index is 915. The summed E-state index contributed by atoms with van der Waals surface area (Å²) in [5.74, 6) is 0.468. The molecule has 0 aromatic heterocycles. The highest BCUT2D eigenvalue weighted by Crippen LogP contribution is 2.36. The summed E-state index contributed by atoms with van der Waals surface area (Å²) in [6.45, 7) is 0.0270. The number of benzene rings is 2. The first-order chi connectivity index (χ1) is 13.5. The van der Waals surface area contributed by atoms with Crippen molar-refractivity contribution in [1.29, 1.82) is 0 Å². The van der Waals surface area contributed by atoms with E-state index in [1.807, 2.05) is 0 Å². The average Bonchev–Trinajstić information content (AvgIpc) is 2.97. The molecule has 1 aliphatic rings. The van der Waals surface area contributed by atoms with Crippen LogP contribution in [0.2, 0.25) is 0 Å². The van der Waals surface area contributed by atoms with Crippen molar-refractivity contribution in [2.45, 2.75) is 6.54 Å². The molecule has 0 saturated carbocycles. The zero-order valence-electron chi connectivity index (χ0n) is 15.6. The monoisotopic (exact) mass is 386 g/mol. The van der Waals surface area contributed by atoms with Crippen LogP contribution in [-0.4, -0.2) is 38.2 Å². The van der Waals surface area contributed by atoms with Crippen molar-refractivity contribution >= 4 is 18.0 Å². The van der Waals surface area contributed by atoms with Crippen LogP contribution >= 0.6 is 0 Å². The SMILES string of the molecule is COc1cc(OC)c(/C=C2\NC(=O)N(Cc3ccc(F)cc3)C2=O)c(OC)c1. The van der Waals surface area contributed by atoms with Gasteiger partial charge in [0, 0.05) is 12.1 Å². The topological polar surface area (TPSA) is 77.1 Å². The van der Waals surface area contributed by atoms with E-state index >= 15 is 0 Å². The lowest BCUT2D eigenvalue weighted by molar-refractivity contribution is -0.123. The van der Waals surface area contributed by atoms with Gasteiger partial charge in [-0.2, -0.15) is 0 Å². The van der Waals surface area contributed by atoms with Crippen molar-refractivity contribution in [1.82, 2.24) is 10.2 Å². The normalized spacial score (nSPS) is 15.0. The largest absolute Gasteiger partial charge is 0.496 e. The predicted octanol–water partition coefficient (Wildman–Crippen LogP) is 2.94. The number of carbonyl (C=O) groups excluding carboxylic acids is 2. The molecule has 146 valence electrons. The van der Waals surface area contributed by atoms with Crippen molar-refractivity contribution in [3.8, 4) is 17.2 Å². The third kappa shape index (κ3) is 3.75. The van der Waals surface area contributed by atoms with Crippen LogP contribution in [0.4, 0.5) is 9.18 Å². The molecule has 2 aromatic rings. The summed E-state index contributed by atoms with van der Waals surface area (Å²) in [4.78, 5) is 26.0. The van der Waals surface area contributed by atoms with Gasteiger partial charge in [0.25, 0.3) is 5.91 Å². The van der Waals surface area contributed by atoms with Crippen molar-refractivity contribution in [3.05, 3.63) is 59.0 Å². The molecule has 0 aliphatic carbocycles. The van der Waals surface area contributed by atoms with Gasteiger partial charge in [0.2, 0.25) is 0 Å². The van der Waals surface area contributed by atoms with E-state index in [9.17, 15) is 14.0 Å². The molecule has 1 N–H and O–H groups in total. The van der Waals surface area contributed by atoms with Crippen molar-refractivity contribution in [3.63, 3.8) is 0 Å². The quantitative estimate of drug-likeness (QED) is 0.610. The summed E-state index contributed by atoms with van der Waals surface area (Å²) in [7, 11) is 4.47. The number of amides is 3.